The number of benzene rings is 2. The zero-order chi connectivity index (χ0) is 21.3. The number of halogens is 1. The van der Waals surface area contributed by atoms with Crippen molar-refractivity contribution in [3.8, 4) is 11.3 Å². The van der Waals surface area contributed by atoms with Crippen LogP contribution in [0.1, 0.15) is 29.2 Å². The van der Waals surface area contributed by atoms with Gasteiger partial charge in [-0.05, 0) is 43.2 Å². The van der Waals surface area contributed by atoms with E-state index in [2.05, 4.69) is 15.8 Å². The lowest BCUT2D eigenvalue weighted by molar-refractivity contribution is -0.121. The number of aromatic nitrogens is 1. The van der Waals surface area contributed by atoms with E-state index in [-0.39, 0.29) is 24.1 Å². The van der Waals surface area contributed by atoms with Gasteiger partial charge in [-0.15, -0.1) is 0 Å². The average molecular weight is 405 g/mol. The Morgan fingerprint density at radius 3 is 2.63 bits per heavy atom. The Morgan fingerprint density at radius 1 is 1.17 bits per heavy atom. The maximum atomic E-state index is 13.3. The molecule has 4 rings (SSSR count). The van der Waals surface area contributed by atoms with Crippen LogP contribution in [-0.4, -0.2) is 17.0 Å². The van der Waals surface area contributed by atoms with Gasteiger partial charge in [0.05, 0.1) is 5.69 Å². The zero-order valence-electron chi connectivity index (χ0n) is 16.5. The fraction of sp³-hybridized carbons (Fsp3) is 0.174. The molecule has 2 heterocycles. The van der Waals surface area contributed by atoms with Crippen LogP contribution in [0.5, 0.6) is 0 Å². The number of nitrogens with zero attached hydrogens (tertiary/aromatic N) is 1. The molecule has 0 saturated heterocycles. The molecule has 2 N–H and O–H groups in total. The van der Waals surface area contributed by atoms with Gasteiger partial charge in [0.2, 0.25) is 5.91 Å². The molecule has 1 atom stereocenters. The van der Waals surface area contributed by atoms with E-state index in [0.717, 1.165) is 16.8 Å². The number of hydrogen-bond donors (Lipinski definition) is 2. The molecule has 1 aliphatic rings. The normalized spacial score (nSPS) is 16.0. The number of nitrogens with one attached hydrogen (secondary N) is 2. The highest BCUT2D eigenvalue weighted by molar-refractivity contribution is 6.07. The van der Waals surface area contributed by atoms with Gasteiger partial charge in [-0.3, -0.25) is 9.59 Å². The van der Waals surface area contributed by atoms with Crippen molar-refractivity contribution in [3.05, 3.63) is 82.9 Å². The van der Waals surface area contributed by atoms with E-state index in [1.165, 1.54) is 18.3 Å². The van der Waals surface area contributed by atoms with Crippen LogP contribution in [0, 0.1) is 19.7 Å². The van der Waals surface area contributed by atoms with Crippen molar-refractivity contribution in [2.24, 2.45) is 0 Å². The molecule has 30 heavy (non-hydrogen) atoms. The topological polar surface area (TPSA) is 84.2 Å². The van der Waals surface area contributed by atoms with Crippen LogP contribution in [-0.2, 0) is 9.59 Å². The van der Waals surface area contributed by atoms with Gasteiger partial charge in [-0.2, -0.15) is 0 Å². The number of carbonyl (C=O) groups is 2. The standard InChI is InChI=1S/C23H20FN3O3/c1-13-3-4-16(21-9-14(2)27-30-21)10-20(13)26-23(29)19-12-25-22(28)11-18(19)15-5-7-17(24)8-6-15/h3-10,12,18H,11H2,1-2H3,(H,25,28)(H,26,29). The molecular weight excluding hydrogens is 385 g/mol. The SMILES string of the molecule is Cc1cc(-c2ccc(C)c(NC(=O)C3=CNC(=O)CC3c3ccc(F)cc3)c2)on1. The van der Waals surface area contributed by atoms with E-state index >= 15 is 0 Å². The predicted octanol–water partition coefficient (Wildman–Crippen LogP) is 4.22. The fourth-order valence-electron chi connectivity index (χ4n) is 3.43. The Hall–Kier alpha value is -3.74. The molecule has 0 fully saturated rings. The van der Waals surface area contributed by atoms with Crippen molar-refractivity contribution in [2.75, 3.05) is 5.32 Å². The summed E-state index contributed by atoms with van der Waals surface area (Å²) in [5.74, 6) is -0.752. The third-order valence-corrected chi connectivity index (χ3v) is 5.09. The van der Waals surface area contributed by atoms with Crippen molar-refractivity contribution in [1.29, 1.82) is 0 Å². The van der Waals surface area contributed by atoms with E-state index < -0.39 is 5.92 Å². The van der Waals surface area contributed by atoms with Crippen LogP contribution in [0.15, 0.2) is 64.8 Å². The van der Waals surface area contributed by atoms with Gasteiger partial charge in [-0.25, -0.2) is 4.39 Å². The molecule has 0 radical (unpaired) electrons. The summed E-state index contributed by atoms with van der Waals surface area (Å²) < 4.78 is 18.6. The van der Waals surface area contributed by atoms with Crippen LogP contribution < -0.4 is 10.6 Å². The monoisotopic (exact) mass is 405 g/mol. The highest BCUT2D eigenvalue weighted by Crippen LogP contribution is 2.32. The lowest BCUT2D eigenvalue weighted by atomic mass is 9.86. The van der Waals surface area contributed by atoms with Gasteiger partial charge >= 0.3 is 0 Å². The summed E-state index contributed by atoms with van der Waals surface area (Å²) >= 11 is 0. The second kappa shape index (κ2) is 7.94. The first-order chi connectivity index (χ1) is 14.4. The van der Waals surface area contributed by atoms with E-state index in [0.29, 0.717) is 22.6 Å². The van der Waals surface area contributed by atoms with E-state index in [4.69, 9.17) is 4.52 Å². The van der Waals surface area contributed by atoms with E-state index in [1.54, 1.807) is 12.1 Å². The number of rotatable bonds is 4. The molecule has 3 aromatic rings. The molecule has 6 nitrogen and oxygen atoms in total. The Morgan fingerprint density at radius 2 is 1.93 bits per heavy atom. The number of amides is 2. The summed E-state index contributed by atoms with van der Waals surface area (Å²) in [5, 5.41) is 9.43. The van der Waals surface area contributed by atoms with Gasteiger partial charge < -0.3 is 15.2 Å². The van der Waals surface area contributed by atoms with Crippen LogP contribution in [0.3, 0.4) is 0 Å². The Labute approximate surface area is 172 Å². The van der Waals surface area contributed by atoms with Crippen molar-refractivity contribution < 1.29 is 18.5 Å². The van der Waals surface area contributed by atoms with Crippen molar-refractivity contribution >= 4 is 17.5 Å². The summed E-state index contributed by atoms with van der Waals surface area (Å²) in [4.78, 5) is 25.0. The number of aryl methyl sites for hydroxylation is 2. The number of hydrogen-bond acceptors (Lipinski definition) is 4. The van der Waals surface area contributed by atoms with E-state index in [9.17, 15) is 14.0 Å². The maximum absolute atomic E-state index is 13.3. The first-order valence-electron chi connectivity index (χ1n) is 9.51. The number of anilines is 1. The van der Waals surface area contributed by atoms with E-state index in [1.807, 2.05) is 38.1 Å². The van der Waals surface area contributed by atoms with Crippen molar-refractivity contribution in [1.82, 2.24) is 10.5 Å². The summed E-state index contributed by atoms with van der Waals surface area (Å²) in [7, 11) is 0. The van der Waals surface area contributed by atoms with Crippen LogP contribution in [0.25, 0.3) is 11.3 Å². The summed E-state index contributed by atoms with van der Waals surface area (Å²) in [6, 6.07) is 13.3. The summed E-state index contributed by atoms with van der Waals surface area (Å²) in [5.41, 5.74) is 4.17. The van der Waals surface area contributed by atoms with Crippen molar-refractivity contribution in [3.63, 3.8) is 0 Å². The van der Waals surface area contributed by atoms with Crippen LogP contribution in [0.4, 0.5) is 10.1 Å². The molecule has 0 bridgehead atoms. The molecule has 7 heteroatoms. The third kappa shape index (κ3) is 4.00. The number of carbonyl (C=O) groups excluding carboxylic acids is 2. The first-order valence-corrected chi connectivity index (χ1v) is 9.51. The molecule has 1 unspecified atom stereocenters. The summed E-state index contributed by atoms with van der Waals surface area (Å²) in [6.45, 7) is 3.73. The van der Waals surface area contributed by atoms with Gasteiger partial charge in [0.25, 0.3) is 5.91 Å². The Balaban J connectivity index is 1.62. The Kier molecular flexibility index (Phi) is 5.18. The lowest BCUT2D eigenvalue weighted by Crippen LogP contribution is -2.32. The predicted molar refractivity (Wildman–Crippen MR) is 110 cm³/mol. The van der Waals surface area contributed by atoms with Gasteiger partial charge in [0.15, 0.2) is 5.76 Å². The highest BCUT2D eigenvalue weighted by Gasteiger charge is 2.29. The molecule has 0 aliphatic carbocycles. The molecule has 2 aromatic carbocycles. The molecule has 2 amide bonds. The van der Waals surface area contributed by atoms with Gasteiger partial charge in [-0.1, -0.05) is 29.4 Å². The zero-order valence-corrected chi connectivity index (χ0v) is 16.5. The largest absolute Gasteiger partial charge is 0.356 e. The molecule has 1 aromatic heterocycles. The van der Waals surface area contributed by atoms with Crippen molar-refractivity contribution in [2.45, 2.75) is 26.2 Å². The quantitative estimate of drug-likeness (QED) is 0.681. The highest BCUT2D eigenvalue weighted by atomic mass is 19.1. The average Bonchev–Trinajstić information content (AvgIpc) is 3.16. The second-order valence-electron chi connectivity index (χ2n) is 7.29. The fourth-order valence-corrected chi connectivity index (χ4v) is 3.43. The summed E-state index contributed by atoms with van der Waals surface area (Å²) in [6.07, 6.45) is 1.54. The Bertz CT molecular complexity index is 1150. The minimum Gasteiger partial charge on any atom is -0.356 e. The van der Waals surface area contributed by atoms with Crippen LogP contribution >= 0.6 is 0 Å². The smallest absolute Gasteiger partial charge is 0.253 e. The first kappa shape index (κ1) is 19.6. The maximum Gasteiger partial charge on any atom is 0.253 e. The molecule has 0 saturated carbocycles. The minimum absolute atomic E-state index is 0.112. The molecule has 0 spiro atoms. The third-order valence-electron chi connectivity index (χ3n) is 5.09. The van der Waals surface area contributed by atoms with Crippen LogP contribution in [0.2, 0.25) is 0 Å². The lowest BCUT2D eigenvalue weighted by Gasteiger charge is -2.24. The van der Waals surface area contributed by atoms with Gasteiger partial charge in [0, 0.05) is 41.4 Å². The van der Waals surface area contributed by atoms with Gasteiger partial charge in [0.1, 0.15) is 5.82 Å². The second-order valence-corrected chi connectivity index (χ2v) is 7.29. The minimum atomic E-state index is -0.459. The molecule has 152 valence electrons. The molecular formula is C23H20FN3O3. The molecule has 1 aliphatic heterocycles.